The summed E-state index contributed by atoms with van der Waals surface area (Å²) in [5.41, 5.74) is 12.8. The number of rotatable bonds is 1. The first-order chi connectivity index (χ1) is 17.9. The number of aromatic nitrogens is 1. The Bertz CT molecular complexity index is 1860. The molecular weight excluding hydrogens is 455 g/mol. The SMILES string of the molecule is c1ccc(N2c3cccc4c3B(c3sc5ccccc5c32)c2cccc3c5c(n-4c23)CCCC5)cc1. The van der Waals surface area contributed by atoms with Gasteiger partial charge < -0.3 is 9.47 Å². The minimum atomic E-state index is 0.260. The lowest BCUT2D eigenvalue weighted by molar-refractivity contribution is 0.667. The van der Waals surface area contributed by atoms with Gasteiger partial charge in [-0.1, -0.05) is 60.7 Å². The number of nitrogens with zero attached hydrogens (tertiary/aromatic N) is 2. The van der Waals surface area contributed by atoms with E-state index in [1.54, 1.807) is 11.3 Å². The molecule has 0 spiro atoms. The third kappa shape index (κ3) is 2.29. The second-order valence-electron chi connectivity index (χ2n) is 10.3. The second-order valence-corrected chi connectivity index (χ2v) is 11.4. The van der Waals surface area contributed by atoms with Crippen molar-refractivity contribution in [1.82, 2.24) is 4.57 Å². The maximum absolute atomic E-state index is 2.65. The smallest absolute Gasteiger partial charge is 0.264 e. The Labute approximate surface area is 214 Å². The molecule has 4 aromatic carbocycles. The maximum atomic E-state index is 2.65. The predicted molar refractivity (Wildman–Crippen MR) is 155 cm³/mol. The zero-order chi connectivity index (χ0) is 23.4. The lowest BCUT2D eigenvalue weighted by Crippen LogP contribution is -2.59. The molecule has 4 heterocycles. The van der Waals surface area contributed by atoms with Gasteiger partial charge in [0.1, 0.15) is 0 Å². The highest BCUT2D eigenvalue weighted by atomic mass is 32.1. The molecule has 3 aliphatic rings. The second kappa shape index (κ2) is 6.92. The van der Waals surface area contributed by atoms with Crippen LogP contribution < -0.4 is 20.6 Å². The van der Waals surface area contributed by atoms with Crippen molar-refractivity contribution in [2.45, 2.75) is 25.7 Å². The molecule has 6 aromatic rings. The first kappa shape index (κ1) is 19.4. The number of hydrogen-bond acceptors (Lipinski definition) is 2. The summed E-state index contributed by atoms with van der Waals surface area (Å²) in [5.74, 6) is 0. The third-order valence-corrected chi connectivity index (χ3v) is 9.79. The molecule has 0 bridgehead atoms. The van der Waals surface area contributed by atoms with Gasteiger partial charge >= 0.3 is 0 Å². The van der Waals surface area contributed by atoms with E-state index in [1.807, 2.05) is 11.3 Å². The van der Waals surface area contributed by atoms with E-state index in [-0.39, 0.29) is 6.71 Å². The highest BCUT2D eigenvalue weighted by Gasteiger charge is 2.44. The summed E-state index contributed by atoms with van der Waals surface area (Å²) < 4.78 is 5.49. The molecule has 0 unspecified atom stereocenters. The highest BCUT2D eigenvalue weighted by molar-refractivity contribution is 7.33. The van der Waals surface area contributed by atoms with Gasteiger partial charge in [0.2, 0.25) is 0 Å². The van der Waals surface area contributed by atoms with E-state index in [4.69, 9.17) is 0 Å². The average Bonchev–Trinajstić information content (AvgIpc) is 3.49. The number of hydrogen-bond donors (Lipinski definition) is 0. The molecule has 4 heteroatoms. The molecule has 0 saturated heterocycles. The standard InChI is InChI=1S/C32H23BN2S/c1-2-10-20(11-3-1)34-26-17-9-18-27-29(26)33(32-31(34)23-13-5-7-19-28(23)36-32)24-15-8-14-22-21-12-4-6-16-25(21)35(27)30(22)24/h1-3,5,7-11,13-15,17-19H,4,6,12,16H2. The Kier molecular flexibility index (Phi) is 3.74. The van der Waals surface area contributed by atoms with Gasteiger partial charge in [-0.15, -0.1) is 11.3 Å². The van der Waals surface area contributed by atoms with E-state index in [0.717, 1.165) is 0 Å². The van der Waals surface area contributed by atoms with Crippen LogP contribution in [0.2, 0.25) is 0 Å². The zero-order valence-corrected chi connectivity index (χ0v) is 20.7. The van der Waals surface area contributed by atoms with Crippen molar-refractivity contribution in [3.63, 3.8) is 0 Å². The van der Waals surface area contributed by atoms with Gasteiger partial charge in [-0.2, -0.15) is 0 Å². The Hall–Kier alpha value is -3.76. The third-order valence-electron chi connectivity index (χ3n) is 8.56. The molecule has 2 aliphatic heterocycles. The lowest BCUT2D eigenvalue weighted by atomic mass is 9.36. The summed E-state index contributed by atoms with van der Waals surface area (Å²) in [6.45, 7) is 0.260. The van der Waals surface area contributed by atoms with Crippen LogP contribution in [-0.4, -0.2) is 11.3 Å². The molecule has 0 amide bonds. The molecule has 0 saturated carbocycles. The quantitative estimate of drug-likeness (QED) is 0.250. The fraction of sp³-hybridized carbons (Fsp3) is 0.125. The summed E-state index contributed by atoms with van der Waals surface area (Å²) in [4.78, 5) is 2.53. The fourth-order valence-electron chi connectivity index (χ4n) is 7.21. The molecule has 9 rings (SSSR count). The van der Waals surface area contributed by atoms with Crippen LogP contribution in [0, 0.1) is 0 Å². The van der Waals surface area contributed by atoms with Crippen molar-refractivity contribution in [2.75, 3.05) is 4.90 Å². The largest absolute Gasteiger partial charge is 0.314 e. The first-order valence-electron chi connectivity index (χ1n) is 13.0. The van der Waals surface area contributed by atoms with Crippen molar-refractivity contribution >= 4 is 71.8 Å². The van der Waals surface area contributed by atoms with Crippen molar-refractivity contribution < 1.29 is 0 Å². The average molecular weight is 478 g/mol. The van der Waals surface area contributed by atoms with Gasteiger partial charge in [0.25, 0.3) is 6.71 Å². The molecule has 2 nitrogen and oxygen atoms in total. The van der Waals surface area contributed by atoms with E-state index in [0.29, 0.717) is 0 Å². The summed E-state index contributed by atoms with van der Waals surface area (Å²) in [7, 11) is 0. The molecule has 1 aliphatic carbocycles. The number of anilines is 3. The van der Waals surface area contributed by atoms with E-state index in [9.17, 15) is 0 Å². The minimum absolute atomic E-state index is 0.260. The predicted octanol–water partition coefficient (Wildman–Crippen LogP) is 6.34. The van der Waals surface area contributed by atoms with Crippen LogP contribution in [0.4, 0.5) is 17.1 Å². The molecule has 170 valence electrons. The van der Waals surface area contributed by atoms with Crippen molar-refractivity contribution in [3.05, 3.63) is 102 Å². The van der Waals surface area contributed by atoms with Crippen molar-refractivity contribution in [3.8, 4) is 5.69 Å². The van der Waals surface area contributed by atoms with Gasteiger partial charge in [-0.05, 0) is 72.5 Å². The van der Waals surface area contributed by atoms with E-state index in [1.165, 1.54) is 85.1 Å². The molecule has 0 N–H and O–H groups in total. The van der Waals surface area contributed by atoms with Crippen molar-refractivity contribution in [1.29, 1.82) is 0 Å². The number of fused-ring (bicyclic) bond motifs is 9. The molecule has 0 radical (unpaired) electrons. The van der Waals surface area contributed by atoms with Crippen LogP contribution in [-0.2, 0) is 12.8 Å². The Morgan fingerprint density at radius 3 is 2.42 bits per heavy atom. The Morgan fingerprint density at radius 2 is 1.47 bits per heavy atom. The molecular formula is C32H23BN2S. The van der Waals surface area contributed by atoms with Crippen LogP contribution in [0.3, 0.4) is 0 Å². The van der Waals surface area contributed by atoms with Crippen LogP contribution in [0.1, 0.15) is 24.1 Å². The summed E-state index contributed by atoms with van der Waals surface area (Å²) in [6.07, 6.45) is 4.96. The molecule has 36 heavy (non-hydrogen) atoms. The Balaban J connectivity index is 1.48. The number of benzene rings is 4. The zero-order valence-electron chi connectivity index (χ0n) is 19.9. The van der Waals surface area contributed by atoms with Crippen LogP contribution in [0.5, 0.6) is 0 Å². The van der Waals surface area contributed by atoms with Crippen molar-refractivity contribution in [2.24, 2.45) is 0 Å². The number of thiophene rings is 1. The normalized spacial score (nSPS) is 15.2. The van der Waals surface area contributed by atoms with Gasteiger partial charge in [0, 0.05) is 48.5 Å². The maximum Gasteiger partial charge on any atom is 0.264 e. The van der Waals surface area contributed by atoms with Gasteiger partial charge in [0.15, 0.2) is 0 Å². The van der Waals surface area contributed by atoms with Crippen LogP contribution in [0.25, 0.3) is 26.7 Å². The summed E-state index contributed by atoms with van der Waals surface area (Å²) >= 11 is 1.98. The highest BCUT2D eigenvalue weighted by Crippen LogP contribution is 2.45. The van der Waals surface area contributed by atoms with Crippen LogP contribution in [0.15, 0.2) is 91.0 Å². The summed E-state index contributed by atoms with van der Waals surface area (Å²) in [5, 5.41) is 2.83. The van der Waals surface area contributed by atoms with Gasteiger partial charge in [-0.3, -0.25) is 0 Å². The monoisotopic (exact) mass is 478 g/mol. The summed E-state index contributed by atoms with van der Waals surface area (Å²) in [6, 6.07) is 34.0. The Morgan fingerprint density at radius 1 is 0.694 bits per heavy atom. The van der Waals surface area contributed by atoms with Crippen LogP contribution >= 0.6 is 11.3 Å². The number of aryl methyl sites for hydroxylation is 1. The lowest BCUT2D eigenvalue weighted by Gasteiger charge is -2.39. The minimum Gasteiger partial charge on any atom is -0.314 e. The van der Waals surface area contributed by atoms with E-state index >= 15 is 0 Å². The van der Waals surface area contributed by atoms with E-state index in [2.05, 4.69) is 100 Å². The fourth-order valence-corrected chi connectivity index (χ4v) is 8.53. The van der Waals surface area contributed by atoms with Gasteiger partial charge in [-0.25, -0.2) is 0 Å². The molecule has 0 atom stereocenters. The molecule has 2 aromatic heterocycles. The number of para-hydroxylation sites is 2. The topological polar surface area (TPSA) is 8.17 Å². The first-order valence-corrected chi connectivity index (χ1v) is 13.9. The molecule has 0 fully saturated rings. The van der Waals surface area contributed by atoms with Gasteiger partial charge in [0.05, 0.1) is 5.69 Å². The van der Waals surface area contributed by atoms with E-state index < -0.39 is 0 Å².